The Hall–Kier alpha value is -0.830. The second-order valence-corrected chi connectivity index (χ2v) is 3.99. The summed E-state index contributed by atoms with van der Waals surface area (Å²) < 4.78 is 0. The molecule has 1 fully saturated rings. The molecule has 80 valence electrons. The summed E-state index contributed by atoms with van der Waals surface area (Å²) in [7, 11) is 2.15. The first kappa shape index (κ1) is 11.2. The zero-order chi connectivity index (χ0) is 10.4. The summed E-state index contributed by atoms with van der Waals surface area (Å²) in [5.41, 5.74) is 0. The van der Waals surface area contributed by atoms with Gasteiger partial charge in [-0.15, -0.1) is 0 Å². The number of piperidine rings is 1. The number of carbonyl (C=O) groups excluding carboxylic acids is 1. The van der Waals surface area contributed by atoms with Crippen molar-refractivity contribution in [1.82, 2.24) is 10.2 Å². The van der Waals surface area contributed by atoms with Gasteiger partial charge in [-0.25, -0.2) is 0 Å². The Morgan fingerprint density at radius 1 is 1.50 bits per heavy atom. The van der Waals surface area contributed by atoms with E-state index in [1.165, 1.54) is 12.8 Å². The molecule has 0 saturated carbocycles. The second kappa shape index (κ2) is 5.81. The van der Waals surface area contributed by atoms with Crippen molar-refractivity contribution in [3.63, 3.8) is 0 Å². The van der Waals surface area contributed by atoms with Crippen LogP contribution >= 0.6 is 0 Å². The molecule has 1 aliphatic heterocycles. The third kappa shape index (κ3) is 3.92. The number of likely N-dealkylation sites (tertiary alicyclic amines) is 1. The van der Waals surface area contributed by atoms with Crippen molar-refractivity contribution in [3.8, 4) is 0 Å². The van der Waals surface area contributed by atoms with Crippen molar-refractivity contribution in [2.45, 2.75) is 19.8 Å². The van der Waals surface area contributed by atoms with Crippen molar-refractivity contribution >= 4 is 5.91 Å². The highest BCUT2D eigenvalue weighted by Crippen LogP contribution is 2.14. The van der Waals surface area contributed by atoms with E-state index < -0.39 is 0 Å². The standard InChI is InChI=1S/C11H20N2O/c1-3-4-11(14)12-9-10-5-7-13(2)8-6-10/h3-4,10H,5-9H2,1-2H3,(H,12,14). The number of nitrogens with one attached hydrogen (secondary N) is 1. The monoisotopic (exact) mass is 196 g/mol. The van der Waals surface area contributed by atoms with E-state index in [1.807, 2.05) is 6.92 Å². The summed E-state index contributed by atoms with van der Waals surface area (Å²) in [6.45, 7) is 5.00. The fourth-order valence-electron chi connectivity index (χ4n) is 1.72. The molecule has 1 N–H and O–H groups in total. The molecule has 1 saturated heterocycles. The molecule has 3 nitrogen and oxygen atoms in total. The van der Waals surface area contributed by atoms with Crippen LogP contribution in [0.15, 0.2) is 12.2 Å². The van der Waals surface area contributed by atoms with Crippen LogP contribution in [0.2, 0.25) is 0 Å². The van der Waals surface area contributed by atoms with Crippen molar-refractivity contribution in [3.05, 3.63) is 12.2 Å². The topological polar surface area (TPSA) is 32.3 Å². The Morgan fingerprint density at radius 3 is 2.71 bits per heavy atom. The van der Waals surface area contributed by atoms with E-state index in [2.05, 4.69) is 17.3 Å². The van der Waals surface area contributed by atoms with Crippen LogP contribution in [0.25, 0.3) is 0 Å². The van der Waals surface area contributed by atoms with E-state index in [-0.39, 0.29) is 5.91 Å². The summed E-state index contributed by atoms with van der Waals surface area (Å²) in [6, 6.07) is 0. The van der Waals surface area contributed by atoms with Gasteiger partial charge < -0.3 is 10.2 Å². The lowest BCUT2D eigenvalue weighted by Gasteiger charge is -2.28. The molecular formula is C11H20N2O. The molecule has 3 heteroatoms. The summed E-state index contributed by atoms with van der Waals surface area (Å²) >= 11 is 0. The first-order valence-corrected chi connectivity index (χ1v) is 5.31. The van der Waals surface area contributed by atoms with Crippen LogP contribution in [0.3, 0.4) is 0 Å². The lowest BCUT2D eigenvalue weighted by Crippen LogP contribution is -2.36. The van der Waals surface area contributed by atoms with Gasteiger partial charge >= 0.3 is 0 Å². The number of carbonyl (C=O) groups is 1. The van der Waals surface area contributed by atoms with E-state index in [0.29, 0.717) is 5.92 Å². The smallest absolute Gasteiger partial charge is 0.243 e. The number of hydrogen-bond acceptors (Lipinski definition) is 2. The van der Waals surface area contributed by atoms with Crippen LogP contribution in [0.1, 0.15) is 19.8 Å². The minimum atomic E-state index is 0.0337. The minimum absolute atomic E-state index is 0.0337. The molecular weight excluding hydrogens is 176 g/mol. The predicted molar refractivity (Wildman–Crippen MR) is 58.0 cm³/mol. The third-order valence-corrected chi connectivity index (χ3v) is 2.72. The van der Waals surface area contributed by atoms with Gasteiger partial charge in [-0.3, -0.25) is 4.79 Å². The lowest BCUT2D eigenvalue weighted by molar-refractivity contribution is -0.116. The highest BCUT2D eigenvalue weighted by molar-refractivity contribution is 5.87. The molecule has 0 atom stereocenters. The molecule has 0 unspecified atom stereocenters. The van der Waals surface area contributed by atoms with Gasteiger partial charge in [0, 0.05) is 6.54 Å². The lowest BCUT2D eigenvalue weighted by atomic mass is 9.97. The van der Waals surface area contributed by atoms with Crippen LogP contribution in [-0.4, -0.2) is 37.5 Å². The largest absolute Gasteiger partial charge is 0.352 e. The number of rotatable bonds is 3. The van der Waals surface area contributed by atoms with E-state index in [1.54, 1.807) is 12.2 Å². The highest BCUT2D eigenvalue weighted by atomic mass is 16.1. The normalized spacial score (nSPS) is 20.1. The van der Waals surface area contributed by atoms with E-state index in [0.717, 1.165) is 19.6 Å². The second-order valence-electron chi connectivity index (χ2n) is 3.99. The zero-order valence-corrected chi connectivity index (χ0v) is 9.12. The summed E-state index contributed by atoms with van der Waals surface area (Å²) in [5, 5.41) is 2.92. The average Bonchev–Trinajstić information content (AvgIpc) is 2.17. The molecule has 1 rings (SSSR count). The van der Waals surface area contributed by atoms with Gasteiger partial charge in [-0.2, -0.15) is 0 Å². The molecule has 0 spiro atoms. The van der Waals surface area contributed by atoms with Crippen LogP contribution in [0, 0.1) is 5.92 Å². The Kier molecular flexibility index (Phi) is 4.66. The van der Waals surface area contributed by atoms with Gasteiger partial charge in [-0.1, -0.05) is 6.08 Å². The van der Waals surface area contributed by atoms with Crippen molar-refractivity contribution in [1.29, 1.82) is 0 Å². The number of hydrogen-bond donors (Lipinski definition) is 1. The Bertz CT molecular complexity index is 205. The van der Waals surface area contributed by atoms with Gasteiger partial charge in [-0.05, 0) is 51.9 Å². The van der Waals surface area contributed by atoms with Gasteiger partial charge in [0.15, 0.2) is 0 Å². The Morgan fingerprint density at radius 2 is 2.14 bits per heavy atom. The molecule has 0 aliphatic carbocycles. The molecule has 14 heavy (non-hydrogen) atoms. The molecule has 1 amide bonds. The van der Waals surface area contributed by atoms with E-state index in [9.17, 15) is 4.79 Å². The number of allylic oxidation sites excluding steroid dienone is 1. The zero-order valence-electron chi connectivity index (χ0n) is 9.12. The summed E-state index contributed by atoms with van der Waals surface area (Å²) in [4.78, 5) is 13.5. The minimum Gasteiger partial charge on any atom is -0.352 e. The molecule has 0 aromatic rings. The summed E-state index contributed by atoms with van der Waals surface area (Å²) in [6.07, 6.45) is 5.75. The Balaban J connectivity index is 2.16. The van der Waals surface area contributed by atoms with E-state index >= 15 is 0 Å². The SMILES string of the molecule is CC=CC(=O)NCC1CCN(C)CC1. The fourth-order valence-corrected chi connectivity index (χ4v) is 1.72. The van der Waals surface area contributed by atoms with Crippen molar-refractivity contribution in [2.75, 3.05) is 26.7 Å². The average molecular weight is 196 g/mol. The van der Waals surface area contributed by atoms with Gasteiger partial charge in [0.2, 0.25) is 5.91 Å². The number of nitrogens with zero attached hydrogens (tertiary/aromatic N) is 1. The van der Waals surface area contributed by atoms with E-state index in [4.69, 9.17) is 0 Å². The molecule has 0 radical (unpaired) electrons. The van der Waals surface area contributed by atoms with Crippen molar-refractivity contribution < 1.29 is 4.79 Å². The maximum absolute atomic E-state index is 11.1. The molecule has 0 bridgehead atoms. The van der Waals surface area contributed by atoms with Crippen LogP contribution < -0.4 is 5.32 Å². The highest BCUT2D eigenvalue weighted by Gasteiger charge is 2.16. The fraction of sp³-hybridized carbons (Fsp3) is 0.727. The Labute approximate surface area is 86.2 Å². The van der Waals surface area contributed by atoms with Gasteiger partial charge in [0.05, 0.1) is 0 Å². The molecule has 0 aromatic carbocycles. The van der Waals surface area contributed by atoms with Gasteiger partial charge in [0.25, 0.3) is 0 Å². The van der Waals surface area contributed by atoms with Crippen LogP contribution in [0.5, 0.6) is 0 Å². The molecule has 0 aromatic heterocycles. The maximum Gasteiger partial charge on any atom is 0.243 e. The maximum atomic E-state index is 11.1. The first-order chi connectivity index (χ1) is 6.72. The summed E-state index contributed by atoms with van der Waals surface area (Å²) in [5.74, 6) is 0.701. The molecule has 1 heterocycles. The third-order valence-electron chi connectivity index (χ3n) is 2.72. The van der Waals surface area contributed by atoms with Crippen molar-refractivity contribution in [2.24, 2.45) is 5.92 Å². The van der Waals surface area contributed by atoms with Crippen LogP contribution in [0.4, 0.5) is 0 Å². The predicted octanol–water partition coefficient (Wildman–Crippen LogP) is 1.02. The van der Waals surface area contributed by atoms with Gasteiger partial charge in [0.1, 0.15) is 0 Å². The molecule has 1 aliphatic rings. The number of amides is 1. The quantitative estimate of drug-likeness (QED) is 0.684. The van der Waals surface area contributed by atoms with Crippen LogP contribution in [-0.2, 0) is 4.79 Å². The first-order valence-electron chi connectivity index (χ1n) is 5.31.